The van der Waals surface area contributed by atoms with Crippen LogP contribution in [0.1, 0.15) is 46.6 Å². The monoisotopic (exact) mass is 338 g/mol. The molecule has 1 aliphatic heterocycles. The minimum atomic E-state index is -0.129. The smallest absolute Gasteiger partial charge is 0.270 e. The van der Waals surface area contributed by atoms with E-state index in [1.54, 1.807) is 6.07 Å². The molecule has 1 saturated heterocycles. The highest BCUT2D eigenvalue weighted by molar-refractivity contribution is 5.92. The van der Waals surface area contributed by atoms with Crippen molar-refractivity contribution in [1.29, 1.82) is 0 Å². The fourth-order valence-corrected chi connectivity index (χ4v) is 3.07. The minimum Gasteiger partial charge on any atom is -0.350 e. The van der Waals surface area contributed by atoms with Crippen molar-refractivity contribution < 1.29 is 4.79 Å². The number of carbonyl (C=O) groups is 1. The molecule has 0 aliphatic carbocycles. The molecule has 2 aromatic rings. The van der Waals surface area contributed by atoms with Crippen LogP contribution in [-0.4, -0.2) is 35.5 Å². The predicted octanol–water partition coefficient (Wildman–Crippen LogP) is 3.06. The summed E-state index contributed by atoms with van der Waals surface area (Å²) in [6, 6.07) is 10.1. The van der Waals surface area contributed by atoms with E-state index in [1.807, 2.05) is 6.92 Å². The lowest BCUT2D eigenvalue weighted by Gasteiger charge is -2.27. The number of nitrogens with zero attached hydrogens (tertiary/aromatic N) is 3. The van der Waals surface area contributed by atoms with Crippen molar-refractivity contribution in [2.75, 3.05) is 24.5 Å². The Morgan fingerprint density at radius 1 is 1.08 bits per heavy atom. The van der Waals surface area contributed by atoms with Gasteiger partial charge in [-0.15, -0.1) is 0 Å². The maximum Gasteiger partial charge on any atom is 0.270 e. The van der Waals surface area contributed by atoms with Crippen LogP contribution in [0.4, 0.5) is 5.95 Å². The molecule has 5 heteroatoms. The first-order valence-corrected chi connectivity index (χ1v) is 9.06. The number of amides is 1. The zero-order chi connectivity index (χ0) is 17.6. The average Bonchev–Trinajstić information content (AvgIpc) is 2.63. The fourth-order valence-electron chi connectivity index (χ4n) is 3.07. The van der Waals surface area contributed by atoms with E-state index in [1.165, 1.54) is 17.5 Å². The van der Waals surface area contributed by atoms with Crippen molar-refractivity contribution in [1.82, 2.24) is 15.3 Å². The van der Waals surface area contributed by atoms with Gasteiger partial charge < -0.3 is 10.2 Å². The molecule has 0 spiro atoms. The van der Waals surface area contributed by atoms with Crippen molar-refractivity contribution in [3.05, 3.63) is 52.8 Å². The van der Waals surface area contributed by atoms with Crippen LogP contribution in [0.2, 0.25) is 0 Å². The van der Waals surface area contributed by atoms with Gasteiger partial charge in [-0.3, -0.25) is 4.79 Å². The van der Waals surface area contributed by atoms with Crippen LogP contribution in [0.15, 0.2) is 30.3 Å². The first kappa shape index (κ1) is 17.4. The van der Waals surface area contributed by atoms with Gasteiger partial charge >= 0.3 is 0 Å². The van der Waals surface area contributed by atoms with E-state index in [9.17, 15) is 4.79 Å². The van der Waals surface area contributed by atoms with Crippen LogP contribution in [-0.2, 0) is 6.42 Å². The van der Waals surface area contributed by atoms with Crippen LogP contribution < -0.4 is 10.2 Å². The number of benzene rings is 1. The molecule has 2 heterocycles. The third-order valence-electron chi connectivity index (χ3n) is 4.53. The van der Waals surface area contributed by atoms with E-state index in [0.717, 1.165) is 38.0 Å². The Bertz CT molecular complexity index is 721. The van der Waals surface area contributed by atoms with Crippen molar-refractivity contribution in [2.24, 2.45) is 0 Å². The highest BCUT2D eigenvalue weighted by Gasteiger charge is 2.17. The summed E-state index contributed by atoms with van der Waals surface area (Å²) in [5.74, 6) is 0.555. The summed E-state index contributed by atoms with van der Waals surface area (Å²) in [6.07, 6.45) is 4.40. The fraction of sp³-hybridized carbons (Fsp3) is 0.450. The van der Waals surface area contributed by atoms with E-state index < -0.39 is 0 Å². The summed E-state index contributed by atoms with van der Waals surface area (Å²) in [7, 11) is 0. The number of nitrogens with one attached hydrogen (secondary N) is 1. The third kappa shape index (κ3) is 4.78. The van der Waals surface area contributed by atoms with Crippen molar-refractivity contribution in [3.8, 4) is 0 Å². The van der Waals surface area contributed by atoms with Crippen LogP contribution in [0.3, 0.4) is 0 Å². The Kier molecular flexibility index (Phi) is 5.64. The molecule has 25 heavy (non-hydrogen) atoms. The predicted molar refractivity (Wildman–Crippen MR) is 100 cm³/mol. The number of piperidine rings is 1. The largest absolute Gasteiger partial charge is 0.350 e. The topological polar surface area (TPSA) is 58.1 Å². The molecule has 3 rings (SSSR count). The molecule has 132 valence electrons. The second-order valence-electron chi connectivity index (χ2n) is 6.73. The van der Waals surface area contributed by atoms with E-state index >= 15 is 0 Å². The number of hydrogen-bond donors (Lipinski definition) is 1. The number of aryl methyl sites for hydroxylation is 2. The van der Waals surface area contributed by atoms with E-state index in [4.69, 9.17) is 0 Å². The Balaban J connectivity index is 1.61. The van der Waals surface area contributed by atoms with Gasteiger partial charge in [0.05, 0.1) is 0 Å². The Hall–Kier alpha value is -2.43. The summed E-state index contributed by atoms with van der Waals surface area (Å²) >= 11 is 0. The first-order valence-electron chi connectivity index (χ1n) is 9.06. The van der Waals surface area contributed by atoms with Crippen LogP contribution in [0, 0.1) is 13.8 Å². The lowest BCUT2D eigenvalue weighted by molar-refractivity contribution is 0.0949. The van der Waals surface area contributed by atoms with Crippen molar-refractivity contribution in [2.45, 2.75) is 39.5 Å². The van der Waals surface area contributed by atoms with Gasteiger partial charge in [0.2, 0.25) is 5.95 Å². The molecule has 0 unspecified atom stereocenters. The minimum absolute atomic E-state index is 0.129. The first-order chi connectivity index (χ1) is 12.1. The molecular formula is C20H26N4O. The summed E-state index contributed by atoms with van der Waals surface area (Å²) in [4.78, 5) is 23.6. The zero-order valence-electron chi connectivity index (χ0n) is 15.1. The quantitative estimate of drug-likeness (QED) is 0.910. The molecule has 0 bridgehead atoms. The zero-order valence-corrected chi connectivity index (χ0v) is 15.1. The third-order valence-corrected chi connectivity index (χ3v) is 4.53. The Morgan fingerprint density at radius 3 is 2.52 bits per heavy atom. The summed E-state index contributed by atoms with van der Waals surface area (Å²) in [5.41, 5.74) is 3.75. The van der Waals surface area contributed by atoms with Crippen molar-refractivity contribution in [3.63, 3.8) is 0 Å². The normalized spacial score (nSPS) is 14.4. The van der Waals surface area contributed by atoms with Gasteiger partial charge in [0.15, 0.2) is 0 Å². The standard InChI is InChI=1S/C20H26N4O/c1-15-6-8-17(9-7-15)10-11-21-19(25)18-14-16(2)22-20(23-18)24-12-4-3-5-13-24/h6-9,14H,3-5,10-13H2,1-2H3,(H,21,25). The molecule has 0 saturated carbocycles. The second kappa shape index (κ2) is 8.10. The number of hydrogen-bond acceptors (Lipinski definition) is 4. The number of anilines is 1. The highest BCUT2D eigenvalue weighted by Crippen LogP contribution is 2.16. The van der Waals surface area contributed by atoms with Gasteiger partial charge in [-0.2, -0.15) is 0 Å². The number of aromatic nitrogens is 2. The summed E-state index contributed by atoms with van der Waals surface area (Å²) in [6.45, 7) is 6.53. The van der Waals surface area contributed by atoms with Gasteiger partial charge in [-0.05, 0) is 51.2 Å². The molecule has 0 atom stereocenters. The van der Waals surface area contributed by atoms with Gasteiger partial charge in [-0.25, -0.2) is 9.97 Å². The van der Waals surface area contributed by atoms with Gasteiger partial charge in [0.25, 0.3) is 5.91 Å². The van der Waals surface area contributed by atoms with Crippen LogP contribution in [0.25, 0.3) is 0 Å². The highest BCUT2D eigenvalue weighted by atomic mass is 16.1. The average molecular weight is 338 g/mol. The van der Waals surface area contributed by atoms with Crippen LogP contribution >= 0.6 is 0 Å². The van der Waals surface area contributed by atoms with Gasteiger partial charge in [0.1, 0.15) is 5.69 Å². The SMILES string of the molecule is Cc1ccc(CCNC(=O)c2cc(C)nc(N3CCCCC3)n2)cc1. The lowest BCUT2D eigenvalue weighted by atomic mass is 10.1. The van der Waals surface area contributed by atoms with Crippen LogP contribution in [0.5, 0.6) is 0 Å². The lowest BCUT2D eigenvalue weighted by Crippen LogP contribution is -2.32. The van der Waals surface area contributed by atoms with Crippen molar-refractivity contribution >= 4 is 11.9 Å². The molecule has 1 N–H and O–H groups in total. The Morgan fingerprint density at radius 2 is 1.80 bits per heavy atom. The molecule has 1 fully saturated rings. The molecular weight excluding hydrogens is 312 g/mol. The molecule has 5 nitrogen and oxygen atoms in total. The van der Waals surface area contributed by atoms with E-state index in [0.29, 0.717) is 18.2 Å². The molecule has 1 amide bonds. The Labute approximate surface area is 149 Å². The number of carbonyl (C=O) groups excluding carboxylic acids is 1. The van der Waals surface area contributed by atoms with Gasteiger partial charge in [0, 0.05) is 25.3 Å². The van der Waals surface area contributed by atoms with E-state index in [2.05, 4.69) is 51.4 Å². The maximum atomic E-state index is 12.5. The summed E-state index contributed by atoms with van der Waals surface area (Å²) < 4.78 is 0. The molecule has 1 aromatic heterocycles. The number of rotatable bonds is 5. The maximum absolute atomic E-state index is 12.5. The second-order valence-corrected chi connectivity index (χ2v) is 6.73. The molecule has 0 radical (unpaired) electrons. The molecule has 1 aromatic carbocycles. The molecule has 1 aliphatic rings. The summed E-state index contributed by atoms with van der Waals surface area (Å²) in [5, 5.41) is 2.97. The van der Waals surface area contributed by atoms with E-state index in [-0.39, 0.29) is 5.91 Å². The van der Waals surface area contributed by atoms with Gasteiger partial charge in [-0.1, -0.05) is 29.8 Å².